The van der Waals surface area contributed by atoms with Crippen LogP contribution < -0.4 is 15.8 Å². The average molecular weight is 409 g/mol. The highest BCUT2D eigenvalue weighted by atomic mass is 16.3. The molecule has 2 unspecified atom stereocenters. The molecule has 1 aromatic heterocycles. The molecule has 7 heteroatoms. The molecule has 158 valence electrons. The number of nitrogens with zero attached hydrogens (tertiary/aromatic N) is 1. The van der Waals surface area contributed by atoms with E-state index < -0.39 is 11.8 Å². The first-order valence-electron chi connectivity index (χ1n) is 10.5. The van der Waals surface area contributed by atoms with Gasteiger partial charge in [0.1, 0.15) is 11.5 Å². The normalized spacial score (nSPS) is 20.5. The van der Waals surface area contributed by atoms with Crippen molar-refractivity contribution < 1.29 is 18.8 Å². The molecule has 1 aliphatic heterocycles. The Kier molecular flexibility index (Phi) is 5.61. The number of fused-ring (bicyclic) bond motifs is 1. The Morgan fingerprint density at radius 1 is 1.03 bits per heavy atom. The van der Waals surface area contributed by atoms with Gasteiger partial charge in [-0.3, -0.25) is 25.2 Å². The molecule has 0 saturated heterocycles. The summed E-state index contributed by atoms with van der Waals surface area (Å²) in [5.41, 5.74) is 7.51. The lowest BCUT2D eigenvalue weighted by molar-refractivity contribution is -0.135. The van der Waals surface area contributed by atoms with Crippen molar-refractivity contribution in [1.29, 1.82) is 0 Å². The van der Waals surface area contributed by atoms with E-state index in [9.17, 15) is 14.4 Å². The standard InChI is InChI=1S/C23H27N3O4/c1-14-13-19(15(2)30-14)22(28)25-24-21(27)17-8-4-5-9-18(17)23(29)26-12-11-16-7-3-6-10-20(16)26/h3,6-7,10,13,17-18H,4-5,8-9,11-12H2,1-2H3,(H,24,27)(H,25,28). The molecule has 0 radical (unpaired) electrons. The predicted octanol–water partition coefficient (Wildman–Crippen LogP) is 3.05. The SMILES string of the molecule is Cc1cc(C(=O)NNC(=O)C2CCCCC2C(=O)N2CCc3ccccc32)c(C)o1. The second-order valence-electron chi connectivity index (χ2n) is 8.14. The zero-order chi connectivity index (χ0) is 21.3. The van der Waals surface area contributed by atoms with Gasteiger partial charge in [0.05, 0.1) is 17.4 Å². The number of rotatable bonds is 3. The van der Waals surface area contributed by atoms with E-state index in [1.807, 2.05) is 29.2 Å². The van der Waals surface area contributed by atoms with Crippen molar-refractivity contribution in [2.24, 2.45) is 11.8 Å². The molecule has 7 nitrogen and oxygen atoms in total. The van der Waals surface area contributed by atoms with E-state index in [-0.39, 0.29) is 17.7 Å². The summed E-state index contributed by atoms with van der Waals surface area (Å²) >= 11 is 0. The van der Waals surface area contributed by atoms with E-state index in [4.69, 9.17) is 4.42 Å². The van der Waals surface area contributed by atoms with Crippen molar-refractivity contribution in [3.63, 3.8) is 0 Å². The maximum Gasteiger partial charge on any atom is 0.273 e. The number of hydrogen-bond acceptors (Lipinski definition) is 4. The van der Waals surface area contributed by atoms with Gasteiger partial charge in [-0.1, -0.05) is 31.0 Å². The Morgan fingerprint density at radius 3 is 2.50 bits per heavy atom. The quantitative estimate of drug-likeness (QED) is 0.762. The van der Waals surface area contributed by atoms with Crippen molar-refractivity contribution >= 4 is 23.4 Å². The third kappa shape index (κ3) is 3.84. The molecule has 2 heterocycles. The summed E-state index contributed by atoms with van der Waals surface area (Å²) in [6, 6.07) is 9.56. The van der Waals surface area contributed by atoms with Gasteiger partial charge in [0.25, 0.3) is 5.91 Å². The van der Waals surface area contributed by atoms with Crippen LogP contribution in [0, 0.1) is 25.7 Å². The molecule has 2 N–H and O–H groups in total. The summed E-state index contributed by atoms with van der Waals surface area (Å²) < 4.78 is 5.37. The number of furan rings is 1. The van der Waals surface area contributed by atoms with Crippen LogP contribution in [0.4, 0.5) is 5.69 Å². The van der Waals surface area contributed by atoms with Gasteiger partial charge in [0.2, 0.25) is 11.8 Å². The minimum Gasteiger partial charge on any atom is -0.466 e. The number of amides is 3. The van der Waals surface area contributed by atoms with Gasteiger partial charge in [-0.05, 0) is 50.8 Å². The lowest BCUT2D eigenvalue weighted by atomic mass is 9.78. The summed E-state index contributed by atoms with van der Waals surface area (Å²) in [6.45, 7) is 4.11. The lowest BCUT2D eigenvalue weighted by Gasteiger charge is -2.32. The van der Waals surface area contributed by atoms with Crippen molar-refractivity contribution in [3.05, 3.63) is 53.0 Å². The fourth-order valence-electron chi connectivity index (χ4n) is 4.64. The maximum atomic E-state index is 13.3. The fourth-order valence-corrected chi connectivity index (χ4v) is 4.64. The minimum atomic E-state index is -0.452. The van der Waals surface area contributed by atoms with Crippen molar-refractivity contribution in [2.45, 2.75) is 46.0 Å². The monoisotopic (exact) mass is 409 g/mol. The van der Waals surface area contributed by atoms with Crippen molar-refractivity contribution in [1.82, 2.24) is 10.9 Å². The second kappa shape index (κ2) is 8.34. The summed E-state index contributed by atoms with van der Waals surface area (Å²) in [5, 5.41) is 0. The van der Waals surface area contributed by atoms with Crippen molar-refractivity contribution in [3.8, 4) is 0 Å². The van der Waals surface area contributed by atoms with Gasteiger partial charge >= 0.3 is 0 Å². The molecule has 2 aromatic rings. The Balaban J connectivity index is 1.43. The van der Waals surface area contributed by atoms with E-state index in [1.54, 1.807) is 19.9 Å². The molecule has 2 aliphatic rings. The average Bonchev–Trinajstić information content (AvgIpc) is 3.33. The van der Waals surface area contributed by atoms with Crippen LogP contribution in [0.3, 0.4) is 0 Å². The molecule has 1 aliphatic carbocycles. The van der Waals surface area contributed by atoms with Crippen molar-refractivity contribution in [2.75, 3.05) is 11.4 Å². The fraction of sp³-hybridized carbons (Fsp3) is 0.435. The molecule has 2 atom stereocenters. The largest absolute Gasteiger partial charge is 0.466 e. The number of nitrogens with one attached hydrogen (secondary N) is 2. The van der Waals surface area contributed by atoms with Gasteiger partial charge in [0, 0.05) is 12.2 Å². The number of carbonyl (C=O) groups is 3. The van der Waals surface area contributed by atoms with E-state index in [0.717, 1.165) is 24.9 Å². The van der Waals surface area contributed by atoms with E-state index >= 15 is 0 Å². The van der Waals surface area contributed by atoms with Crippen LogP contribution in [0.15, 0.2) is 34.7 Å². The molecule has 0 spiro atoms. The van der Waals surface area contributed by atoms with Crippen LogP contribution in [-0.2, 0) is 16.0 Å². The molecule has 30 heavy (non-hydrogen) atoms. The molecule has 3 amide bonds. The van der Waals surface area contributed by atoms with Gasteiger partial charge in [-0.15, -0.1) is 0 Å². The maximum absolute atomic E-state index is 13.3. The highest BCUT2D eigenvalue weighted by molar-refractivity contribution is 6.00. The zero-order valence-corrected chi connectivity index (χ0v) is 17.4. The summed E-state index contributed by atoms with van der Waals surface area (Å²) in [4.78, 5) is 40.4. The van der Waals surface area contributed by atoms with Crippen LogP contribution in [0.2, 0.25) is 0 Å². The first-order chi connectivity index (χ1) is 14.5. The molecule has 1 fully saturated rings. The molecule has 4 rings (SSSR count). The number of hydrogen-bond donors (Lipinski definition) is 2. The first-order valence-corrected chi connectivity index (χ1v) is 10.5. The third-order valence-corrected chi connectivity index (χ3v) is 6.16. The smallest absolute Gasteiger partial charge is 0.273 e. The number of hydrazine groups is 1. The molecule has 0 bridgehead atoms. The number of benzene rings is 1. The van der Waals surface area contributed by atoms with Gasteiger partial charge in [0.15, 0.2) is 0 Å². The Morgan fingerprint density at radius 2 is 1.77 bits per heavy atom. The molecular formula is C23H27N3O4. The number of carbonyl (C=O) groups excluding carboxylic acids is 3. The summed E-state index contributed by atoms with van der Waals surface area (Å²) in [6.07, 6.45) is 3.98. The number of para-hydroxylation sites is 1. The van der Waals surface area contributed by atoms with Crippen LogP contribution in [0.1, 0.15) is 53.1 Å². The number of aryl methyl sites for hydroxylation is 2. The predicted molar refractivity (Wildman–Crippen MR) is 112 cm³/mol. The van der Waals surface area contributed by atoms with Gasteiger partial charge in [-0.2, -0.15) is 0 Å². The Hall–Kier alpha value is -3.09. The summed E-state index contributed by atoms with van der Waals surface area (Å²) in [7, 11) is 0. The van der Waals surface area contributed by atoms with Gasteiger partial charge in [-0.25, -0.2) is 0 Å². The molecular weight excluding hydrogens is 382 g/mol. The Bertz CT molecular complexity index is 981. The first kappa shape index (κ1) is 20.2. The highest BCUT2D eigenvalue weighted by Crippen LogP contribution is 2.35. The van der Waals surface area contributed by atoms with Crippen LogP contribution in [0.25, 0.3) is 0 Å². The van der Waals surface area contributed by atoms with E-state index in [2.05, 4.69) is 10.9 Å². The molecule has 1 aromatic carbocycles. The Labute approximate surface area is 175 Å². The minimum absolute atomic E-state index is 0.00688. The lowest BCUT2D eigenvalue weighted by Crippen LogP contribution is -2.50. The third-order valence-electron chi connectivity index (χ3n) is 6.16. The zero-order valence-electron chi connectivity index (χ0n) is 17.4. The highest BCUT2D eigenvalue weighted by Gasteiger charge is 2.39. The van der Waals surface area contributed by atoms with Crippen LogP contribution in [0.5, 0.6) is 0 Å². The summed E-state index contributed by atoms with van der Waals surface area (Å²) in [5.74, 6) is -0.430. The second-order valence-corrected chi connectivity index (χ2v) is 8.14. The topological polar surface area (TPSA) is 91.7 Å². The van der Waals surface area contributed by atoms with E-state index in [1.165, 1.54) is 5.56 Å². The number of anilines is 1. The van der Waals surface area contributed by atoms with Crippen LogP contribution in [-0.4, -0.2) is 24.3 Å². The van der Waals surface area contributed by atoms with Crippen LogP contribution >= 0.6 is 0 Å². The van der Waals surface area contributed by atoms with E-state index in [0.29, 0.717) is 36.5 Å². The molecule has 1 saturated carbocycles. The van der Waals surface area contributed by atoms with Gasteiger partial charge < -0.3 is 9.32 Å².